The SMILES string of the molecule is C=CCOc1ccc(CN[C@H](CC(C)C)c2nc(-c3ncn[nH]3)no2)cc1Cl. The molecule has 8 nitrogen and oxygen atoms in total. The number of rotatable bonds is 10. The summed E-state index contributed by atoms with van der Waals surface area (Å²) in [5.41, 5.74) is 1.03. The standard InChI is InChI=1S/C19H23ClN6O2/c1-4-7-27-16-6-5-13(9-14(16)20)10-21-15(8-12(2)3)19-24-18(26-28-19)17-22-11-23-25-17/h4-6,9,11-12,15,21H,1,7-8,10H2,2-3H3,(H,22,23,25)/t15-/m1/s1. The Hall–Kier alpha value is -2.71. The lowest BCUT2D eigenvalue weighted by Crippen LogP contribution is -2.23. The van der Waals surface area contributed by atoms with Gasteiger partial charge in [-0.1, -0.05) is 49.3 Å². The Balaban J connectivity index is 1.69. The van der Waals surface area contributed by atoms with Gasteiger partial charge in [-0.15, -0.1) is 0 Å². The van der Waals surface area contributed by atoms with E-state index in [0.717, 1.165) is 12.0 Å². The molecule has 0 fully saturated rings. The zero-order valence-corrected chi connectivity index (χ0v) is 16.6. The number of ether oxygens (including phenoxy) is 1. The molecular weight excluding hydrogens is 380 g/mol. The van der Waals surface area contributed by atoms with Crippen molar-refractivity contribution in [1.82, 2.24) is 30.6 Å². The molecule has 148 valence electrons. The van der Waals surface area contributed by atoms with Crippen LogP contribution in [0.5, 0.6) is 5.75 Å². The van der Waals surface area contributed by atoms with E-state index in [1.807, 2.05) is 18.2 Å². The van der Waals surface area contributed by atoms with Crippen LogP contribution < -0.4 is 10.1 Å². The average molecular weight is 403 g/mol. The Bertz CT molecular complexity index is 894. The summed E-state index contributed by atoms with van der Waals surface area (Å²) in [5, 5.41) is 14.6. The van der Waals surface area contributed by atoms with Crippen molar-refractivity contribution >= 4 is 11.6 Å². The highest BCUT2D eigenvalue weighted by atomic mass is 35.5. The van der Waals surface area contributed by atoms with Crippen LogP contribution in [0.25, 0.3) is 11.6 Å². The highest BCUT2D eigenvalue weighted by Gasteiger charge is 2.21. The molecule has 0 spiro atoms. The summed E-state index contributed by atoms with van der Waals surface area (Å²) >= 11 is 6.30. The second kappa shape index (κ2) is 9.48. The van der Waals surface area contributed by atoms with E-state index in [0.29, 0.717) is 47.4 Å². The van der Waals surface area contributed by atoms with Crippen LogP contribution in [0.4, 0.5) is 0 Å². The molecule has 3 aromatic rings. The van der Waals surface area contributed by atoms with E-state index in [1.54, 1.807) is 6.08 Å². The van der Waals surface area contributed by atoms with Gasteiger partial charge in [0.25, 0.3) is 0 Å². The third kappa shape index (κ3) is 5.17. The monoisotopic (exact) mass is 402 g/mol. The Kier molecular flexibility index (Phi) is 6.78. The highest BCUT2D eigenvalue weighted by Crippen LogP contribution is 2.27. The van der Waals surface area contributed by atoms with Gasteiger partial charge in [0.1, 0.15) is 18.7 Å². The highest BCUT2D eigenvalue weighted by molar-refractivity contribution is 6.32. The van der Waals surface area contributed by atoms with Crippen LogP contribution in [0.3, 0.4) is 0 Å². The minimum atomic E-state index is -0.0976. The van der Waals surface area contributed by atoms with E-state index in [-0.39, 0.29) is 6.04 Å². The molecule has 28 heavy (non-hydrogen) atoms. The molecule has 0 radical (unpaired) electrons. The van der Waals surface area contributed by atoms with Crippen LogP contribution in [0.1, 0.15) is 37.8 Å². The third-order valence-corrected chi connectivity index (χ3v) is 4.27. The summed E-state index contributed by atoms with van der Waals surface area (Å²) in [6.07, 6.45) is 3.92. The van der Waals surface area contributed by atoms with Crippen LogP contribution >= 0.6 is 11.6 Å². The number of H-pyrrole nitrogens is 1. The quantitative estimate of drug-likeness (QED) is 0.495. The van der Waals surface area contributed by atoms with Crippen molar-refractivity contribution in [3.8, 4) is 17.4 Å². The molecule has 0 aliphatic carbocycles. The van der Waals surface area contributed by atoms with Crippen LogP contribution in [0.2, 0.25) is 5.02 Å². The summed E-state index contributed by atoms with van der Waals surface area (Å²) in [7, 11) is 0. The lowest BCUT2D eigenvalue weighted by atomic mass is 10.0. The van der Waals surface area contributed by atoms with Crippen molar-refractivity contribution in [2.75, 3.05) is 6.61 Å². The van der Waals surface area contributed by atoms with Gasteiger partial charge in [0, 0.05) is 6.54 Å². The maximum absolute atomic E-state index is 6.30. The maximum atomic E-state index is 6.30. The van der Waals surface area contributed by atoms with Gasteiger partial charge >= 0.3 is 0 Å². The molecular formula is C19H23ClN6O2. The largest absolute Gasteiger partial charge is 0.488 e. The fraction of sp³-hybridized carbons (Fsp3) is 0.368. The number of hydrogen-bond donors (Lipinski definition) is 2. The number of aromatic amines is 1. The Morgan fingerprint density at radius 2 is 2.25 bits per heavy atom. The van der Waals surface area contributed by atoms with Gasteiger partial charge in [-0.25, -0.2) is 4.98 Å². The Morgan fingerprint density at radius 3 is 2.93 bits per heavy atom. The van der Waals surface area contributed by atoms with E-state index in [2.05, 4.69) is 51.1 Å². The summed E-state index contributed by atoms with van der Waals surface area (Å²) in [5.74, 6) is 2.45. The number of benzene rings is 1. The Morgan fingerprint density at radius 1 is 1.39 bits per heavy atom. The first-order chi connectivity index (χ1) is 13.6. The molecule has 0 aliphatic heterocycles. The molecule has 0 bridgehead atoms. The molecule has 0 saturated carbocycles. The lowest BCUT2D eigenvalue weighted by molar-refractivity contribution is 0.303. The van der Waals surface area contributed by atoms with Crippen molar-refractivity contribution in [3.63, 3.8) is 0 Å². The second-order valence-electron chi connectivity index (χ2n) is 6.72. The van der Waals surface area contributed by atoms with Crippen molar-refractivity contribution in [3.05, 3.63) is 53.7 Å². The smallest absolute Gasteiger partial charge is 0.244 e. The molecule has 1 aromatic carbocycles. The second-order valence-corrected chi connectivity index (χ2v) is 7.12. The lowest BCUT2D eigenvalue weighted by Gasteiger charge is -2.17. The van der Waals surface area contributed by atoms with Gasteiger partial charge in [-0.05, 0) is 30.0 Å². The topological polar surface area (TPSA) is 102 Å². The predicted octanol–water partition coefficient (Wildman–Crippen LogP) is 3.95. The number of nitrogens with zero attached hydrogens (tertiary/aromatic N) is 4. The van der Waals surface area contributed by atoms with Gasteiger partial charge < -0.3 is 14.6 Å². The van der Waals surface area contributed by atoms with E-state index >= 15 is 0 Å². The van der Waals surface area contributed by atoms with Crippen molar-refractivity contribution in [2.24, 2.45) is 5.92 Å². The van der Waals surface area contributed by atoms with Gasteiger partial charge in [-0.2, -0.15) is 10.1 Å². The fourth-order valence-corrected chi connectivity index (χ4v) is 2.95. The third-order valence-electron chi connectivity index (χ3n) is 3.98. The minimum Gasteiger partial charge on any atom is -0.488 e. The molecule has 0 aliphatic rings. The molecule has 2 heterocycles. The van der Waals surface area contributed by atoms with Gasteiger partial charge in [-0.3, -0.25) is 5.10 Å². The van der Waals surface area contributed by atoms with Crippen LogP contribution in [0, 0.1) is 5.92 Å². The van der Waals surface area contributed by atoms with Crippen molar-refractivity contribution < 1.29 is 9.26 Å². The number of hydrogen-bond acceptors (Lipinski definition) is 7. The van der Waals surface area contributed by atoms with Crippen molar-refractivity contribution in [1.29, 1.82) is 0 Å². The average Bonchev–Trinajstić information content (AvgIpc) is 3.35. The fourth-order valence-electron chi connectivity index (χ4n) is 2.69. The molecule has 0 saturated heterocycles. The summed E-state index contributed by atoms with van der Waals surface area (Å²) in [6, 6.07) is 5.61. The minimum absolute atomic E-state index is 0.0976. The molecule has 2 aromatic heterocycles. The van der Waals surface area contributed by atoms with Crippen molar-refractivity contribution in [2.45, 2.75) is 32.9 Å². The molecule has 1 atom stereocenters. The first kappa shape index (κ1) is 20.0. The number of aromatic nitrogens is 5. The summed E-state index contributed by atoms with van der Waals surface area (Å²) < 4.78 is 11.0. The zero-order valence-electron chi connectivity index (χ0n) is 15.9. The summed E-state index contributed by atoms with van der Waals surface area (Å²) in [4.78, 5) is 8.50. The Labute approximate surface area is 168 Å². The molecule has 3 rings (SSSR count). The molecule has 9 heteroatoms. The van der Waals surface area contributed by atoms with Gasteiger partial charge in [0.15, 0.2) is 5.82 Å². The van der Waals surface area contributed by atoms with Crippen LogP contribution in [0.15, 0.2) is 41.7 Å². The first-order valence-electron chi connectivity index (χ1n) is 9.01. The first-order valence-corrected chi connectivity index (χ1v) is 9.39. The molecule has 0 unspecified atom stereocenters. The van der Waals surface area contributed by atoms with E-state index in [1.165, 1.54) is 6.33 Å². The van der Waals surface area contributed by atoms with E-state index < -0.39 is 0 Å². The normalized spacial score (nSPS) is 12.3. The van der Waals surface area contributed by atoms with E-state index in [9.17, 15) is 0 Å². The predicted molar refractivity (Wildman–Crippen MR) is 106 cm³/mol. The van der Waals surface area contributed by atoms with Gasteiger partial charge in [0.05, 0.1) is 11.1 Å². The van der Waals surface area contributed by atoms with Crippen LogP contribution in [-0.4, -0.2) is 31.9 Å². The number of halogens is 1. The van der Waals surface area contributed by atoms with E-state index in [4.69, 9.17) is 20.9 Å². The summed E-state index contributed by atoms with van der Waals surface area (Å²) in [6.45, 7) is 8.93. The maximum Gasteiger partial charge on any atom is 0.244 e. The van der Waals surface area contributed by atoms with Crippen LogP contribution in [-0.2, 0) is 6.54 Å². The molecule has 2 N–H and O–H groups in total. The van der Waals surface area contributed by atoms with Gasteiger partial charge in [0.2, 0.25) is 11.7 Å². The number of nitrogens with one attached hydrogen (secondary N) is 2. The molecule has 0 amide bonds. The zero-order chi connectivity index (χ0) is 19.9.